The Hall–Kier alpha value is -1.43. The van der Waals surface area contributed by atoms with E-state index in [-0.39, 0.29) is 25.3 Å². The summed E-state index contributed by atoms with van der Waals surface area (Å²) in [5.74, 6) is -0.737. The monoisotopic (exact) mass is 291 g/mol. The van der Waals surface area contributed by atoms with Crippen LogP contribution in [-0.2, 0) is 0 Å². The molecule has 0 saturated heterocycles. The Morgan fingerprint density at radius 1 is 1.15 bits per heavy atom. The van der Waals surface area contributed by atoms with Crippen molar-refractivity contribution in [1.82, 2.24) is 4.90 Å². The molecule has 112 valence electrons. The van der Waals surface area contributed by atoms with Gasteiger partial charge >= 0.3 is 6.18 Å². The third-order valence-electron chi connectivity index (χ3n) is 2.76. The number of hydrogen-bond acceptors (Lipinski definition) is 2. The van der Waals surface area contributed by atoms with Gasteiger partial charge in [-0.2, -0.15) is 13.2 Å². The summed E-state index contributed by atoms with van der Waals surface area (Å²) in [6, 6.07) is 5.00. The van der Waals surface area contributed by atoms with Crippen molar-refractivity contribution in [3.8, 4) is 0 Å². The lowest BCUT2D eigenvalue weighted by Gasteiger charge is -2.22. The molecule has 1 aromatic rings. The lowest BCUT2D eigenvalue weighted by atomic mass is 10.1. The molecule has 0 N–H and O–H groups in total. The van der Waals surface area contributed by atoms with Gasteiger partial charge in [0.15, 0.2) is 5.78 Å². The van der Waals surface area contributed by atoms with Gasteiger partial charge in [-0.15, -0.1) is 0 Å². The predicted octanol–water partition coefficient (Wildman–Crippen LogP) is 3.67. The van der Waals surface area contributed by atoms with Gasteiger partial charge in [0.05, 0.1) is 6.54 Å². The Morgan fingerprint density at radius 3 is 2.25 bits per heavy atom. The molecule has 0 aliphatic carbocycles. The normalized spacial score (nSPS) is 11.9. The molecule has 0 saturated carbocycles. The van der Waals surface area contributed by atoms with Crippen LogP contribution in [-0.4, -0.2) is 36.5 Å². The highest BCUT2D eigenvalue weighted by Gasteiger charge is 2.30. The first-order valence-corrected chi connectivity index (χ1v) is 6.39. The first kappa shape index (κ1) is 16.6. The summed E-state index contributed by atoms with van der Waals surface area (Å²) in [7, 11) is 0. The molecule has 0 unspecified atom stereocenters. The molecule has 0 amide bonds. The van der Waals surface area contributed by atoms with Crippen molar-refractivity contribution in [2.75, 3.05) is 19.6 Å². The van der Waals surface area contributed by atoms with Crippen LogP contribution in [0.15, 0.2) is 24.3 Å². The Kier molecular flexibility index (Phi) is 6.13. The van der Waals surface area contributed by atoms with E-state index in [4.69, 9.17) is 0 Å². The molecule has 0 radical (unpaired) electrons. The van der Waals surface area contributed by atoms with E-state index < -0.39 is 18.5 Å². The molecule has 0 fully saturated rings. The Labute approximate surface area is 115 Å². The van der Waals surface area contributed by atoms with Crippen molar-refractivity contribution in [3.63, 3.8) is 0 Å². The molecule has 1 rings (SSSR count). The maximum atomic E-state index is 12.7. The van der Waals surface area contributed by atoms with Crippen LogP contribution in [0.3, 0.4) is 0 Å². The number of benzene rings is 1. The molecule has 0 bridgehead atoms. The van der Waals surface area contributed by atoms with Gasteiger partial charge in [0.1, 0.15) is 5.82 Å². The lowest BCUT2D eigenvalue weighted by molar-refractivity contribution is -0.145. The third-order valence-corrected chi connectivity index (χ3v) is 2.76. The number of ketones is 1. The molecule has 2 nitrogen and oxygen atoms in total. The quantitative estimate of drug-likeness (QED) is 0.564. The van der Waals surface area contributed by atoms with E-state index in [2.05, 4.69) is 0 Å². The maximum absolute atomic E-state index is 12.7. The molecule has 0 spiro atoms. The molecule has 0 heterocycles. The molecule has 0 aliphatic heterocycles. The van der Waals surface area contributed by atoms with Gasteiger partial charge in [-0.1, -0.05) is 6.92 Å². The number of carbonyl (C=O) groups excluding carboxylic acids is 1. The largest absolute Gasteiger partial charge is 0.401 e. The molecule has 0 aliphatic rings. The van der Waals surface area contributed by atoms with Gasteiger partial charge in [-0.25, -0.2) is 4.39 Å². The molecular weight excluding hydrogens is 274 g/mol. The topological polar surface area (TPSA) is 20.3 Å². The van der Waals surface area contributed by atoms with E-state index in [0.29, 0.717) is 12.0 Å². The molecular formula is C14H17F4NO. The van der Waals surface area contributed by atoms with Gasteiger partial charge in [-0.3, -0.25) is 9.69 Å². The van der Waals surface area contributed by atoms with Crippen molar-refractivity contribution in [2.45, 2.75) is 25.9 Å². The van der Waals surface area contributed by atoms with Crippen LogP contribution in [0.5, 0.6) is 0 Å². The van der Waals surface area contributed by atoms with Crippen LogP contribution in [0.25, 0.3) is 0 Å². The summed E-state index contributed by atoms with van der Waals surface area (Å²) in [6.45, 7) is 1.10. The van der Waals surface area contributed by atoms with Gasteiger partial charge in [0.2, 0.25) is 0 Å². The van der Waals surface area contributed by atoms with Gasteiger partial charge in [-0.05, 0) is 37.2 Å². The molecule has 0 aromatic heterocycles. The minimum Gasteiger partial charge on any atom is -0.295 e. The zero-order valence-corrected chi connectivity index (χ0v) is 11.2. The Balaban J connectivity index is 2.54. The number of nitrogens with zero attached hydrogens (tertiary/aromatic N) is 1. The smallest absolute Gasteiger partial charge is 0.295 e. The van der Waals surface area contributed by atoms with E-state index in [0.717, 1.165) is 12.1 Å². The summed E-state index contributed by atoms with van der Waals surface area (Å²) < 4.78 is 49.8. The van der Waals surface area contributed by atoms with E-state index in [1.807, 2.05) is 0 Å². The first-order valence-electron chi connectivity index (χ1n) is 6.39. The summed E-state index contributed by atoms with van der Waals surface area (Å²) in [4.78, 5) is 13.0. The predicted molar refractivity (Wildman–Crippen MR) is 68.1 cm³/mol. The fourth-order valence-electron chi connectivity index (χ4n) is 1.88. The van der Waals surface area contributed by atoms with E-state index in [1.165, 1.54) is 17.0 Å². The van der Waals surface area contributed by atoms with Crippen molar-refractivity contribution >= 4 is 5.78 Å². The molecule has 6 heteroatoms. The second-order valence-corrected chi connectivity index (χ2v) is 4.57. The maximum Gasteiger partial charge on any atom is 0.401 e. The van der Waals surface area contributed by atoms with Crippen LogP contribution in [0.2, 0.25) is 0 Å². The summed E-state index contributed by atoms with van der Waals surface area (Å²) in [6.07, 6.45) is -3.70. The van der Waals surface area contributed by atoms with Crippen LogP contribution in [0.4, 0.5) is 17.6 Å². The summed E-state index contributed by atoms with van der Waals surface area (Å²) >= 11 is 0. The third kappa shape index (κ3) is 6.14. The van der Waals surface area contributed by atoms with Crippen molar-refractivity contribution < 1.29 is 22.4 Å². The number of alkyl halides is 3. The molecule has 20 heavy (non-hydrogen) atoms. The zero-order chi connectivity index (χ0) is 15.2. The van der Waals surface area contributed by atoms with Gasteiger partial charge < -0.3 is 0 Å². The average molecular weight is 291 g/mol. The standard InChI is InChI=1S/C14H17F4NO/c1-2-8-19(10-14(16,17)18)9-7-13(20)11-3-5-12(15)6-4-11/h3-6H,2,7-10H2,1H3. The summed E-state index contributed by atoms with van der Waals surface area (Å²) in [5.41, 5.74) is 0.315. The van der Waals surface area contributed by atoms with Crippen LogP contribution >= 0.6 is 0 Å². The highest BCUT2D eigenvalue weighted by atomic mass is 19.4. The Bertz CT molecular complexity index is 428. The number of carbonyl (C=O) groups is 1. The van der Waals surface area contributed by atoms with Gasteiger partial charge in [0, 0.05) is 18.5 Å². The SMILES string of the molecule is CCCN(CCC(=O)c1ccc(F)cc1)CC(F)(F)F. The van der Waals surface area contributed by atoms with Crippen molar-refractivity contribution in [1.29, 1.82) is 0 Å². The first-order chi connectivity index (χ1) is 9.31. The number of rotatable bonds is 7. The highest BCUT2D eigenvalue weighted by Crippen LogP contribution is 2.17. The second-order valence-electron chi connectivity index (χ2n) is 4.57. The lowest BCUT2D eigenvalue weighted by Crippen LogP contribution is -2.36. The average Bonchev–Trinajstić information content (AvgIpc) is 2.35. The fraction of sp³-hybridized carbons (Fsp3) is 0.500. The van der Waals surface area contributed by atoms with E-state index in [9.17, 15) is 22.4 Å². The van der Waals surface area contributed by atoms with Crippen LogP contribution < -0.4 is 0 Å². The van der Waals surface area contributed by atoms with Crippen molar-refractivity contribution in [3.05, 3.63) is 35.6 Å². The van der Waals surface area contributed by atoms with E-state index in [1.54, 1.807) is 6.92 Å². The Morgan fingerprint density at radius 2 is 1.75 bits per heavy atom. The molecule has 0 atom stereocenters. The van der Waals surface area contributed by atoms with Gasteiger partial charge in [0.25, 0.3) is 0 Å². The fourth-order valence-corrected chi connectivity index (χ4v) is 1.88. The highest BCUT2D eigenvalue weighted by molar-refractivity contribution is 5.96. The summed E-state index contributed by atoms with van der Waals surface area (Å²) in [5, 5.41) is 0. The number of Topliss-reactive ketones (excluding diaryl/α,β-unsaturated/α-hetero) is 1. The zero-order valence-electron chi connectivity index (χ0n) is 11.2. The van der Waals surface area contributed by atoms with E-state index >= 15 is 0 Å². The minimum absolute atomic E-state index is 0.0122. The number of hydrogen-bond donors (Lipinski definition) is 0. The molecule has 1 aromatic carbocycles. The van der Waals surface area contributed by atoms with Crippen LogP contribution in [0.1, 0.15) is 30.1 Å². The van der Waals surface area contributed by atoms with Crippen molar-refractivity contribution in [2.24, 2.45) is 0 Å². The second kappa shape index (κ2) is 7.38. The number of halogens is 4. The van der Waals surface area contributed by atoms with Crippen LogP contribution in [0, 0.1) is 5.82 Å². The minimum atomic E-state index is -4.27.